The Labute approximate surface area is 113 Å². The first-order valence-electron chi connectivity index (χ1n) is 6.03. The van der Waals surface area contributed by atoms with Gasteiger partial charge >= 0.3 is 0 Å². The van der Waals surface area contributed by atoms with Crippen LogP contribution in [-0.2, 0) is 4.74 Å². The highest BCUT2D eigenvalue weighted by Gasteiger charge is 2.18. The maximum Gasteiger partial charge on any atom is 0.0846 e. The fourth-order valence-electron chi connectivity index (χ4n) is 1.38. The van der Waals surface area contributed by atoms with Crippen LogP contribution in [0.25, 0.3) is 20.9 Å². The number of azide groups is 2. The van der Waals surface area contributed by atoms with Crippen molar-refractivity contribution in [2.75, 3.05) is 13.1 Å². The lowest BCUT2D eigenvalue weighted by molar-refractivity contribution is 0.0381. The van der Waals surface area contributed by atoms with Crippen LogP contribution in [0.2, 0.25) is 0 Å². The van der Waals surface area contributed by atoms with Crippen LogP contribution < -0.4 is 0 Å². The van der Waals surface area contributed by atoms with Gasteiger partial charge in [-0.1, -0.05) is 22.4 Å². The van der Waals surface area contributed by atoms with Crippen molar-refractivity contribution in [2.45, 2.75) is 39.9 Å². The number of nitrogens with zero attached hydrogens (tertiary/aromatic N) is 6. The van der Waals surface area contributed by atoms with Crippen LogP contribution in [0.3, 0.4) is 0 Å². The fraction of sp³-hybridized carbons (Fsp3) is 0.667. The zero-order chi connectivity index (χ0) is 14.7. The Balaban J connectivity index is 5.00. The molecule has 0 aliphatic heterocycles. The van der Waals surface area contributed by atoms with E-state index in [1.54, 1.807) is 0 Å². The predicted molar refractivity (Wildman–Crippen MR) is 75.5 cm³/mol. The third-order valence-electron chi connectivity index (χ3n) is 2.88. The van der Waals surface area contributed by atoms with E-state index in [0.717, 1.165) is 11.1 Å². The smallest absolute Gasteiger partial charge is 0.0846 e. The Morgan fingerprint density at radius 3 is 1.63 bits per heavy atom. The maximum atomic E-state index is 8.41. The van der Waals surface area contributed by atoms with Crippen molar-refractivity contribution >= 4 is 0 Å². The number of ether oxygens (including phenoxy) is 1. The molecular formula is C12H20N6O. The molecule has 19 heavy (non-hydrogen) atoms. The molecule has 0 saturated heterocycles. The van der Waals surface area contributed by atoms with Gasteiger partial charge in [-0.25, -0.2) is 0 Å². The van der Waals surface area contributed by atoms with Gasteiger partial charge in [-0.2, -0.15) is 0 Å². The number of rotatable bonds is 8. The van der Waals surface area contributed by atoms with Crippen LogP contribution >= 0.6 is 0 Å². The molecule has 0 radical (unpaired) electrons. The van der Waals surface area contributed by atoms with Crippen LogP contribution in [0.4, 0.5) is 0 Å². The lowest BCUT2D eigenvalue weighted by Crippen LogP contribution is -2.28. The van der Waals surface area contributed by atoms with Crippen molar-refractivity contribution in [3.8, 4) is 0 Å². The third kappa shape index (κ3) is 6.52. The van der Waals surface area contributed by atoms with Gasteiger partial charge in [0.05, 0.1) is 25.3 Å². The summed E-state index contributed by atoms with van der Waals surface area (Å²) in [5, 5.41) is 7.10. The minimum atomic E-state index is -0.310. The second kappa shape index (κ2) is 10.0. The average Bonchev–Trinajstić information content (AvgIpc) is 2.44. The molecule has 2 atom stereocenters. The minimum absolute atomic E-state index is 0.219. The standard InChI is InChI=1S/C12H20N6O/c1-5-9(3)11(7-15-17-13)19-12(8-16-18-14)10(4)6-2/h5-6,11-12H,7-8H2,1-4H3. The van der Waals surface area contributed by atoms with Gasteiger partial charge < -0.3 is 4.74 Å². The summed E-state index contributed by atoms with van der Waals surface area (Å²) in [5.74, 6) is 0. The van der Waals surface area contributed by atoms with E-state index in [1.165, 1.54) is 0 Å². The van der Waals surface area contributed by atoms with E-state index in [2.05, 4.69) is 20.1 Å². The minimum Gasteiger partial charge on any atom is -0.366 e. The Bertz CT molecular complexity index is 390. The van der Waals surface area contributed by atoms with Crippen LogP contribution in [0.1, 0.15) is 27.7 Å². The summed E-state index contributed by atoms with van der Waals surface area (Å²) in [6, 6.07) is 0. The SMILES string of the molecule is CC=C(C)C(CN=[N+]=[N-])OC(CN=[N+]=[N-])C(C)=CC. The first-order chi connectivity index (χ1) is 9.10. The molecule has 0 aromatic rings. The summed E-state index contributed by atoms with van der Waals surface area (Å²) in [5.41, 5.74) is 18.8. The third-order valence-corrected chi connectivity index (χ3v) is 2.88. The van der Waals surface area contributed by atoms with Crippen molar-refractivity contribution < 1.29 is 4.74 Å². The molecule has 0 heterocycles. The van der Waals surface area contributed by atoms with E-state index in [4.69, 9.17) is 15.8 Å². The summed E-state index contributed by atoms with van der Waals surface area (Å²) in [7, 11) is 0. The van der Waals surface area contributed by atoms with Crippen molar-refractivity contribution in [1.82, 2.24) is 0 Å². The van der Waals surface area contributed by atoms with Gasteiger partial charge in [-0.05, 0) is 49.9 Å². The highest BCUT2D eigenvalue weighted by molar-refractivity contribution is 5.09. The molecule has 7 nitrogen and oxygen atoms in total. The first kappa shape index (κ1) is 17.1. The number of hydrogen-bond donors (Lipinski definition) is 0. The first-order valence-corrected chi connectivity index (χ1v) is 6.03. The normalized spacial score (nSPS) is 15.2. The van der Waals surface area contributed by atoms with Crippen molar-refractivity contribution in [3.63, 3.8) is 0 Å². The van der Waals surface area contributed by atoms with Gasteiger partial charge in [-0.3, -0.25) is 0 Å². The van der Waals surface area contributed by atoms with Gasteiger partial charge in [0, 0.05) is 9.82 Å². The summed E-state index contributed by atoms with van der Waals surface area (Å²) >= 11 is 0. The lowest BCUT2D eigenvalue weighted by Gasteiger charge is -2.24. The van der Waals surface area contributed by atoms with E-state index in [-0.39, 0.29) is 25.3 Å². The molecular weight excluding hydrogens is 244 g/mol. The zero-order valence-electron chi connectivity index (χ0n) is 11.8. The zero-order valence-corrected chi connectivity index (χ0v) is 11.8. The number of allylic oxidation sites excluding steroid dienone is 2. The Morgan fingerprint density at radius 2 is 1.37 bits per heavy atom. The van der Waals surface area contributed by atoms with Crippen molar-refractivity contribution in [1.29, 1.82) is 0 Å². The lowest BCUT2D eigenvalue weighted by atomic mass is 10.1. The highest BCUT2D eigenvalue weighted by Crippen LogP contribution is 2.15. The van der Waals surface area contributed by atoms with Crippen molar-refractivity contribution in [3.05, 3.63) is 44.2 Å². The Morgan fingerprint density at radius 1 is 1.00 bits per heavy atom. The molecule has 0 spiro atoms. The second-order valence-electron chi connectivity index (χ2n) is 4.01. The number of hydrogen-bond acceptors (Lipinski definition) is 3. The summed E-state index contributed by atoms with van der Waals surface area (Å²) in [4.78, 5) is 5.50. The topological polar surface area (TPSA) is 107 Å². The molecule has 0 amide bonds. The average molecular weight is 264 g/mol. The molecule has 0 aliphatic carbocycles. The molecule has 2 unspecified atom stereocenters. The maximum absolute atomic E-state index is 8.41. The van der Waals surface area contributed by atoms with Crippen LogP contribution in [0.5, 0.6) is 0 Å². The Kier molecular flexibility index (Phi) is 9.00. The second-order valence-corrected chi connectivity index (χ2v) is 4.01. The van der Waals surface area contributed by atoms with E-state index < -0.39 is 0 Å². The van der Waals surface area contributed by atoms with E-state index in [1.807, 2.05) is 39.8 Å². The van der Waals surface area contributed by atoms with E-state index in [9.17, 15) is 0 Å². The molecule has 104 valence electrons. The van der Waals surface area contributed by atoms with Crippen LogP contribution in [-0.4, -0.2) is 25.3 Å². The van der Waals surface area contributed by atoms with Gasteiger partial charge in [0.25, 0.3) is 0 Å². The molecule has 0 bridgehead atoms. The van der Waals surface area contributed by atoms with Crippen molar-refractivity contribution in [2.24, 2.45) is 10.2 Å². The largest absolute Gasteiger partial charge is 0.366 e. The molecule has 0 N–H and O–H groups in total. The van der Waals surface area contributed by atoms with Gasteiger partial charge in [0.15, 0.2) is 0 Å². The molecule has 0 fully saturated rings. The van der Waals surface area contributed by atoms with Crippen LogP contribution in [0, 0.1) is 0 Å². The predicted octanol–water partition coefficient (Wildman–Crippen LogP) is 4.29. The van der Waals surface area contributed by atoms with Gasteiger partial charge in [0.2, 0.25) is 0 Å². The summed E-state index contributed by atoms with van der Waals surface area (Å²) in [6.45, 7) is 8.05. The molecule has 0 aromatic heterocycles. The molecule has 0 aromatic carbocycles. The molecule has 0 rings (SSSR count). The van der Waals surface area contributed by atoms with E-state index in [0.29, 0.717) is 0 Å². The van der Waals surface area contributed by atoms with Gasteiger partial charge in [-0.15, -0.1) is 0 Å². The van der Waals surface area contributed by atoms with E-state index >= 15 is 0 Å². The van der Waals surface area contributed by atoms with Crippen LogP contribution in [0.15, 0.2) is 33.5 Å². The molecule has 0 saturated carbocycles. The fourth-order valence-corrected chi connectivity index (χ4v) is 1.38. The van der Waals surface area contributed by atoms with Gasteiger partial charge in [0.1, 0.15) is 0 Å². The Hall–Kier alpha value is -1.94. The monoisotopic (exact) mass is 264 g/mol. The quantitative estimate of drug-likeness (QED) is 0.277. The molecule has 0 aliphatic rings. The summed E-state index contributed by atoms with van der Waals surface area (Å²) in [6.07, 6.45) is 3.20. The highest BCUT2D eigenvalue weighted by atomic mass is 16.5. The molecule has 7 heteroatoms. The summed E-state index contributed by atoms with van der Waals surface area (Å²) < 4.78 is 5.89.